The van der Waals surface area contributed by atoms with E-state index in [4.69, 9.17) is 11.5 Å². The molecule has 2 aromatic heterocycles. The van der Waals surface area contributed by atoms with Crippen molar-refractivity contribution < 1.29 is 0 Å². The molecular weight excluding hydrogens is 290 g/mol. The Morgan fingerprint density at radius 1 is 1.30 bits per heavy atom. The molecule has 1 aliphatic heterocycles. The lowest BCUT2D eigenvalue weighted by molar-refractivity contribution is 0.464. The number of aromatic nitrogens is 4. The van der Waals surface area contributed by atoms with E-state index in [9.17, 15) is 0 Å². The van der Waals surface area contributed by atoms with Gasteiger partial charge in [-0.15, -0.1) is 0 Å². The van der Waals surface area contributed by atoms with Crippen LogP contribution in [0.2, 0.25) is 0 Å². The van der Waals surface area contributed by atoms with Crippen molar-refractivity contribution in [3.63, 3.8) is 0 Å². The summed E-state index contributed by atoms with van der Waals surface area (Å²) in [6.07, 6.45) is 8.62. The average molecular weight is 315 g/mol. The van der Waals surface area contributed by atoms with Gasteiger partial charge in [0.2, 0.25) is 5.95 Å². The van der Waals surface area contributed by atoms with Gasteiger partial charge in [-0.25, -0.2) is 4.98 Å². The fourth-order valence-electron chi connectivity index (χ4n) is 3.23. The Kier molecular flexibility index (Phi) is 4.64. The molecule has 3 heterocycles. The largest absolute Gasteiger partial charge is 0.383 e. The number of anilines is 3. The van der Waals surface area contributed by atoms with E-state index in [1.807, 2.05) is 6.20 Å². The summed E-state index contributed by atoms with van der Waals surface area (Å²) >= 11 is 0. The Labute approximate surface area is 136 Å². The Morgan fingerprint density at radius 2 is 2.17 bits per heavy atom. The highest BCUT2D eigenvalue weighted by atomic mass is 15.2. The van der Waals surface area contributed by atoms with Gasteiger partial charge in [0.15, 0.2) is 0 Å². The highest BCUT2D eigenvalue weighted by molar-refractivity contribution is 5.50. The summed E-state index contributed by atoms with van der Waals surface area (Å²) in [5.74, 6) is 3.04. The number of hydrogen-bond acceptors (Lipinski definition) is 6. The predicted octanol–water partition coefficient (Wildman–Crippen LogP) is 2.02. The second kappa shape index (κ2) is 6.85. The Bertz CT molecular complexity index is 631. The fourth-order valence-corrected chi connectivity index (χ4v) is 3.23. The van der Waals surface area contributed by atoms with Gasteiger partial charge in [-0.05, 0) is 19.3 Å². The third kappa shape index (κ3) is 3.55. The van der Waals surface area contributed by atoms with Crippen LogP contribution in [-0.4, -0.2) is 32.6 Å². The predicted molar refractivity (Wildman–Crippen MR) is 92.2 cm³/mol. The third-order valence-corrected chi connectivity index (χ3v) is 4.36. The molecule has 1 saturated heterocycles. The molecule has 0 spiro atoms. The molecule has 1 atom stereocenters. The Morgan fingerprint density at radius 3 is 2.96 bits per heavy atom. The van der Waals surface area contributed by atoms with Gasteiger partial charge in [-0.1, -0.05) is 13.3 Å². The summed E-state index contributed by atoms with van der Waals surface area (Å²) in [6, 6.07) is 1.79. The summed E-state index contributed by atoms with van der Waals surface area (Å²) in [5, 5.41) is 0. The molecule has 0 unspecified atom stereocenters. The monoisotopic (exact) mass is 315 g/mol. The first kappa shape index (κ1) is 15.6. The van der Waals surface area contributed by atoms with Gasteiger partial charge in [0.05, 0.1) is 0 Å². The second-order valence-corrected chi connectivity index (χ2v) is 6.13. The third-order valence-electron chi connectivity index (χ3n) is 4.36. The molecule has 0 amide bonds. The zero-order valence-corrected chi connectivity index (χ0v) is 13.6. The van der Waals surface area contributed by atoms with Crippen LogP contribution in [0, 0.1) is 0 Å². The molecule has 2 aromatic rings. The first-order chi connectivity index (χ1) is 11.2. The van der Waals surface area contributed by atoms with Crippen LogP contribution >= 0.6 is 0 Å². The molecule has 0 aliphatic carbocycles. The Balaban J connectivity index is 1.77. The van der Waals surface area contributed by atoms with E-state index in [-0.39, 0.29) is 5.95 Å². The molecule has 1 aliphatic rings. The topological polar surface area (TPSA) is 98.9 Å². The molecule has 1 fully saturated rings. The van der Waals surface area contributed by atoms with Crippen molar-refractivity contribution >= 4 is 17.6 Å². The molecule has 4 N–H and O–H groups in total. The molecule has 23 heavy (non-hydrogen) atoms. The van der Waals surface area contributed by atoms with Crippen molar-refractivity contribution in [3.05, 3.63) is 24.3 Å². The molecule has 0 bridgehead atoms. The molecular formula is C16H25N7. The molecule has 3 rings (SSSR count). The first-order valence-corrected chi connectivity index (χ1v) is 8.33. The van der Waals surface area contributed by atoms with Crippen molar-refractivity contribution in [3.8, 4) is 0 Å². The highest BCUT2D eigenvalue weighted by Gasteiger charge is 2.25. The van der Waals surface area contributed by atoms with E-state index in [0.717, 1.165) is 38.3 Å². The van der Waals surface area contributed by atoms with Crippen LogP contribution in [-0.2, 0) is 6.54 Å². The highest BCUT2D eigenvalue weighted by Crippen LogP contribution is 2.29. The van der Waals surface area contributed by atoms with E-state index in [0.29, 0.717) is 11.7 Å². The van der Waals surface area contributed by atoms with Gasteiger partial charge in [0.1, 0.15) is 17.5 Å². The zero-order valence-electron chi connectivity index (χ0n) is 13.6. The number of hydrogen-bond donors (Lipinski definition) is 2. The number of unbranched alkanes of at least 4 members (excludes halogenated alkanes) is 1. The van der Waals surface area contributed by atoms with Gasteiger partial charge in [0, 0.05) is 44.0 Å². The fraction of sp³-hybridized carbons (Fsp3) is 0.562. The standard InChI is InChI=1S/C16H25N7/c1-2-3-7-22-9-6-19-15(22)12-5-4-8-23(11-12)14-10-13(17)20-16(18)21-14/h6,9-10,12H,2-5,7-8,11H2,1H3,(H4,17,18,20,21)/t12-/m0/s1. The van der Waals surface area contributed by atoms with Crippen LogP contribution in [0.4, 0.5) is 17.6 Å². The maximum Gasteiger partial charge on any atom is 0.223 e. The van der Waals surface area contributed by atoms with Gasteiger partial charge in [-0.3, -0.25) is 0 Å². The zero-order chi connectivity index (χ0) is 16.2. The quantitative estimate of drug-likeness (QED) is 0.876. The normalized spacial score (nSPS) is 18.3. The van der Waals surface area contributed by atoms with E-state index >= 15 is 0 Å². The van der Waals surface area contributed by atoms with E-state index in [1.165, 1.54) is 18.7 Å². The van der Waals surface area contributed by atoms with Crippen molar-refractivity contribution in [1.82, 2.24) is 19.5 Å². The van der Waals surface area contributed by atoms with Gasteiger partial charge >= 0.3 is 0 Å². The summed E-state index contributed by atoms with van der Waals surface area (Å²) in [5.41, 5.74) is 11.5. The lowest BCUT2D eigenvalue weighted by atomic mass is 9.97. The molecule has 0 saturated carbocycles. The van der Waals surface area contributed by atoms with Crippen molar-refractivity contribution in [2.24, 2.45) is 0 Å². The Hall–Kier alpha value is -2.31. The number of nitrogens with two attached hydrogens (primary N) is 2. The molecule has 0 aromatic carbocycles. The number of imidazole rings is 1. The van der Waals surface area contributed by atoms with Crippen LogP contribution in [0.5, 0.6) is 0 Å². The van der Waals surface area contributed by atoms with E-state index in [2.05, 4.69) is 37.5 Å². The number of piperidine rings is 1. The van der Waals surface area contributed by atoms with Crippen LogP contribution in [0.15, 0.2) is 18.5 Å². The summed E-state index contributed by atoms with van der Waals surface area (Å²) in [6.45, 7) is 5.10. The van der Waals surface area contributed by atoms with Crippen LogP contribution in [0.3, 0.4) is 0 Å². The second-order valence-electron chi connectivity index (χ2n) is 6.13. The summed E-state index contributed by atoms with van der Waals surface area (Å²) < 4.78 is 2.29. The lowest BCUT2D eigenvalue weighted by Gasteiger charge is -2.33. The first-order valence-electron chi connectivity index (χ1n) is 8.33. The lowest BCUT2D eigenvalue weighted by Crippen LogP contribution is -2.36. The minimum absolute atomic E-state index is 0.228. The smallest absolute Gasteiger partial charge is 0.223 e. The van der Waals surface area contributed by atoms with Crippen LogP contribution < -0.4 is 16.4 Å². The minimum atomic E-state index is 0.228. The molecule has 7 nitrogen and oxygen atoms in total. The van der Waals surface area contributed by atoms with E-state index in [1.54, 1.807) is 6.07 Å². The number of rotatable bonds is 5. The molecule has 124 valence electrons. The van der Waals surface area contributed by atoms with Gasteiger partial charge in [0.25, 0.3) is 0 Å². The van der Waals surface area contributed by atoms with Crippen molar-refractivity contribution in [1.29, 1.82) is 0 Å². The summed E-state index contributed by atoms with van der Waals surface area (Å²) in [7, 11) is 0. The minimum Gasteiger partial charge on any atom is -0.383 e. The number of nitrogens with zero attached hydrogens (tertiary/aromatic N) is 5. The maximum atomic E-state index is 5.80. The number of nitrogen functional groups attached to an aromatic ring is 2. The summed E-state index contributed by atoms with van der Waals surface area (Å²) in [4.78, 5) is 15.1. The van der Waals surface area contributed by atoms with Crippen LogP contribution in [0.1, 0.15) is 44.3 Å². The SMILES string of the molecule is CCCCn1ccnc1[C@H]1CCCN(c2cc(N)nc(N)n2)C1. The van der Waals surface area contributed by atoms with Gasteiger partial charge < -0.3 is 20.9 Å². The average Bonchev–Trinajstić information content (AvgIpc) is 3.00. The molecule has 7 heteroatoms. The maximum absolute atomic E-state index is 5.80. The van der Waals surface area contributed by atoms with E-state index < -0.39 is 0 Å². The van der Waals surface area contributed by atoms with Crippen molar-refractivity contribution in [2.45, 2.75) is 45.1 Å². The van der Waals surface area contributed by atoms with Gasteiger partial charge in [-0.2, -0.15) is 9.97 Å². The number of aryl methyl sites for hydroxylation is 1. The van der Waals surface area contributed by atoms with Crippen LogP contribution in [0.25, 0.3) is 0 Å². The van der Waals surface area contributed by atoms with Crippen molar-refractivity contribution in [2.75, 3.05) is 29.5 Å². The molecule has 0 radical (unpaired) electrons.